The van der Waals surface area contributed by atoms with Crippen LogP contribution in [-0.4, -0.2) is 35.5 Å². The molecule has 0 aromatic heterocycles. The van der Waals surface area contributed by atoms with E-state index >= 15 is 0 Å². The zero-order valence-corrected chi connectivity index (χ0v) is 13.1. The van der Waals surface area contributed by atoms with Crippen LogP contribution in [0.15, 0.2) is 12.1 Å². The Labute approximate surface area is 133 Å². The monoisotopic (exact) mass is 331 g/mol. The number of halogens is 2. The molecule has 2 rings (SSSR count). The van der Waals surface area contributed by atoms with Gasteiger partial charge < -0.3 is 21.5 Å². The van der Waals surface area contributed by atoms with E-state index in [1.165, 1.54) is 6.07 Å². The minimum absolute atomic E-state index is 0.0320. The van der Waals surface area contributed by atoms with Crippen LogP contribution in [0.5, 0.6) is 5.75 Å². The van der Waals surface area contributed by atoms with Crippen LogP contribution in [0.4, 0.5) is 0 Å². The first kappa shape index (κ1) is 16.4. The van der Waals surface area contributed by atoms with Crippen molar-refractivity contribution in [2.75, 3.05) is 19.6 Å². The van der Waals surface area contributed by atoms with E-state index in [0.29, 0.717) is 28.7 Å². The quantitative estimate of drug-likeness (QED) is 0.788. The Morgan fingerprint density at radius 2 is 1.90 bits per heavy atom. The van der Waals surface area contributed by atoms with Crippen LogP contribution in [-0.2, 0) is 4.79 Å². The van der Waals surface area contributed by atoms with E-state index in [0.717, 1.165) is 12.8 Å². The number of piperidine rings is 1. The van der Waals surface area contributed by atoms with Crippen LogP contribution in [0, 0.1) is 5.92 Å². The summed E-state index contributed by atoms with van der Waals surface area (Å²) in [6.07, 6.45) is 1.54. The molecule has 1 unspecified atom stereocenters. The number of rotatable bonds is 3. The van der Waals surface area contributed by atoms with Crippen LogP contribution in [0.2, 0.25) is 10.0 Å². The number of nitrogens with zero attached hydrogens (tertiary/aromatic N) is 1. The Bertz CT molecular complexity index is 531. The molecule has 0 saturated carbocycles. The molecule has 5 N–H and O–H groups in total. The molecule has 1 fully saturated rings. The van der Waals surface area contributed by atoms with Gasteiger partial charge in [-0.15, -0.1) is 0 Å². The maximum atomic E-state index is 11.5. The Kier molecular flexibility index (Phi) is 5.32. The summed E-state index contributed by atoms with van der Waals surface area (Å²) in [6, 6.07) is 2.68. The largest absolute Gasteiger partial charge is 0.508 e. The summed E-state index contributed by atoms with van der Waals surface area (Å²) < 4.78 is 0. The molecule has 1 aliphatic heterocycles. The number of hydrogen-bond acceptors (Lipinski definition) is 4. The minimum Gasteiger partial charge on any atom is -0.508 e. The van der Waals surface area contributed by atoms with E-state index in [1.54, 1.807) is 11.0 Å². The lowest BCUT2D eigenvalue weighted by molar-refractivity contribution is -0.131. The van der Waals surface area contributed by atoms with Gasteiger partial charge in [0.15, 0.2) is 0 Å². The average molecular weight is 332 g/mol. The Morgan fingerprint density at radius 3 is 2.48 bits per heavy atom. The summed E-state index contributed by atoms with van der Waals surface area (Å²) in [5, 5.41) is 10.7. The van der Waals surface area contributed by atoms with Gasteiger partial charge in [0, 0.05) is 30.8 Å². The number of phenolic OH excluding ortho intramolecular Hbond substituents is 1. The van der Waals surface area contributed by atoms with E-state index in [1.807, 2.05) is 0 Å². The number of carbonyl (C=O) groups excluding carboxylic acids is 1. The third kappa shape index (κ3) is 3.61. The third-order valence-electron chi connectivity index (χ3n) is 4.00. The van der Waals surface area contributed by atoms with Gasteiger partial charge in [0.2, 0.25) is 5.91 Å². The molecular weight excluding hydrogens is 313 g/mol. The van der Waals surface area contributed by atoms with Gasteiger partial charge in [-0.05, 0) is 24.8 Å². The highest BCUT2D eigenvalue weighted by atomic mass is 35.5. The summed E-state index contributed by atoms with van der Waals surface area (Å²) >= 11 is 11.8. The van der Waals surface area contributed by atoms with Crippen LogP contribution in [0.25, 0.3) is 0 Å². The number of carbonyl (C=O) groups is 1. The van der Waals surface area contributed by atoms with E-state index < -0.39 is 0 Å². The van der Waals surface area contributed by atoms with Crippen molar-refractivity contribution < 1.29 is 9.90 Å². The molecule has 21 heavy (non-hydrogen) atoms. The van der Waals surface area contributed by atoms with Crippen molar-refractivity contribution in [2.45, 2.75) is 18.9 Å². The fourth-order valence-corrected chi connectivity index (χ4v) is 3.04. The number of nitrogens with two attached hydrogens (primary N) is 2. The number of hydrogen-bond donors (Lipinski definition) is 3. The van der Waals surface area contributed by atoms with Crippen molar-refractivity contribution in [3.63, 3.8) is 0 Å². The second-order valence-corrected chi connectivity index (χ2v) is 6.09. The lowest BCUT2D eigenvalue weighted by Gasteiger charge is -2.35. The molecule has 1 saturated heterocycles. The SMILES string of the molecule is NCC(=O)N1CCC(C(N)c2cc(Cl)c(Cl)cc2O)CC1. The summed E-state index contributed by atoms with van der Waals surface area (Å²) in [5.41, 5.74) is 12.2. The molecule has 1 atom stereocenters. The standard InChI is InChI=1S/C14H19Cl2N3O2/c15-10-5-9(12(20)6-11(10)16)14(18)8-1-3-19(4-2-8)13(21)7-17/h5-6,8,14,20H,1-4,7,17-18H2. The van der Waals surface area contributed by atoms with Crippen molar-refractivity contribution in [1.29, 1.82) is 0 Å². The topological polar surface area (TPSA) is 92.6 Å². The highest BCUT2D eigenvalue weighted by Crippen LogP contribution is 2.37. The smallest absolute Gasteiger partial charge is 0.236 e. The molecule has 1 aromatic rings. The molecule has 5 nitrogen and oxygen atoms in total. The van der Waals surface area contributed by atoms with Gasteiger partial charge in [-0.2, -0.15) is 0 Å². The summed E-state index contributed by atoms with van der Waals surface area (Å²) in [4.78, 5) is 13.3. The Balaban J connectivity index is 2.07. The second-order valence-electron chi connectivity index (χ2n) is 5.27. The third-order valence-corrected chi connectivity index (χ3v) is 4.73. The highest BCUT2D eigenvalue weighted by Gasteiger charge is 2.28. The maximum Gasteiger partial charge on any atom is 0.236 e. The number of phenols is 1. The van der Waals surface area contributed by atoms with Crippen LogP contribution >= 0.6 is 23.2 Å². The van der Waals surface area contributed by atoms with E-state index in [9.17, 15) is 9.90 Å². The van der Waals surface area contributed by atoms with Crippen molar-refractivity contribution >= 4 is 29.1 Å². The maximum absolute atomic E-state index is 11.5. The molecule has 0 spiro atoms. The van der Waals surface area contributed by atoms with E-state index in [-0.39, 0.29) is 30.2 Å². The predicted octanol–water partition coefficient (Wildman–Crippen LogP) is 1.90. The molecule has 0 aliphatic carbocycles. The van der Waals surface area contributed by atoms with Crippen LogP contribution < -0.4 is 11.5 Å². The molecule has 1 aromatic carbocycles. The van der Waals surface area contributed by atoms with E-state index in [2.05, 4.69) is 0 Å². The van der Waals surface area contributed by atoms with Gasteiger partial charge in [-0.1, -0.05) is 23.2 Å². The Morgan fingerprint density at radius 1 is 1.33 bits per heavy atom. The molecule has 0 radical (unpaired) electrons. The number of benzene rings is 1. The van der Waals surface area contributed by atoms with Gasteiger partial charge in [0.1, 0.15) is 5.75 Å². The van der Waals surface area contributed by atoms with Gasteiger partial charge in [0.25, 0.3) is 0 Å². The zero-order chi connectivity index (χ0) is 15.6. The van der Waals surface area contributed by atoms with Crippen molar-refractivity contribution in [2.24, 2.45) is 17.4 Å². The van der Waals surface area contributed by atoms with Crippen molar-refractivity contribution in [3.05, 3.63) is 27.7 Å². The number of aromatic hydroxyl groups is 1. The second kappa shape index (κ2) is 6.83. The summed E-state index contributed by atoms with van der Waals surface area (Å²) in [6.45, 7) is 1.30. The molecular formula is C14H19Cl2N3O2. The molecule has 0 bridgehead atoms. The molecule has 1 aliphatic rings. The van der Waals surface area contributed by atoms with Gasteiger partial charge in [-0.3, -0.25) is 4.79 Å². The molecule has 116 valence electrons. The first-order valence-electron chi connectivity index (χ1n) is 6.85. The minimum atomic E-state index is -0.338. The van der Waals surface area contributed by atoms with Crippen molar-refractivity contribution in [1.82, 2.24) is 4.90 Å². The van der Waals surface area contributed by atoms with Crippen LogP contribution in [0.1, 0.15) is 24.4 Å². The molecule has 7 heteroatoms. The van der Waals surface area contributed by atoms with Gasteiger partial charge in [-0.25, -0.2) is 0 Å². The lowest BCUT2D eigenvalue weighted by Crippen LogP contribution is -2.43. The molecule has 1 amide bonds. The Hall–Kier alpha value is -1.01. The summed E-state index contributed by atoms with van der Waals surface area (Å²) in [7, 11) is 0. The number of amides is 1. The predicted molar refractivity (Wildman–Crippen MR) is 83.4 cm³/mol. The molecule has 1 heterocycles. The van der Waals surface area contributed by atoms with Gasteiger partial charge in [0.05, 0.1) is 16.6 Å². The van der Waals surface area contributed by atoms with Crippen LogP contribution in [0.3, 0.4) is 0 Å². The van der Waals surface area contributed by atoms with E-state index in [4.69, 9.17) is 34.7 Å². The van der Waals surface area contributed by atoms with Gasteiger partial charge >= 0.3 is 0 Å². The highest BCUT2D eigenvalue weighted by molar-refractivity contribution is 6.42. The first-order valence-corrected chi connectivity index (χ1v) is 7.61. The fraction of sp³-hybridized carbons (Fsp3) is 0.500. The zero-order valence-electron chi connectivity index (χ0n) is 11.6. The normalized spacial score (nSPS) is 17.8. The summed E-state index contributed by atoms with van der Waals surface area (Å²) in [5.74, 6) is 0.187. The fourth-order valence-electron chi connectivity index (χ4n) is 2.71. The first-order chi connectivity index (χ1) is 9.93. The average Bonchev–Trinajstić information content (AvgIpc) is 2.49. The lowest BCUT2D eigenvalue weighted by atomic mass is 9.85. The van der Waals surface area contributed by atoms with Crippen molar-refractivity contribution in [3.8, 4) is 5.75 Å². The number of likely N-dealkylation sites (tertiary alicyclic amines) is 1.